The minimum absolute atomic E-state index is 0.0118. The summed E-state index contributed by atoms with van der Waals surface area (Å²) in [5, 5.41) is 0.714. The average molecular weight is 238 g/mol. The third kappa shape index (κ3) is 2.63. The lowest BCUT2D eigenvalue weighted by Gasteiger charge is -2.15. The van der Waals surface area contributed by atoms with E-state index in [1.165, 1.54) is 0 Å². The van der Waals surface area contributed by atoms with Crippen LogP contribution in [0.3, 0.4) is 0 Å². The Morgan fingerprint density at radius 1 is 1.50 bits per heavy atom. The molecule has 2 rings (SSSR count). The van der Waals surface area contributed by atoms with Crippen molar-refractivity contribution in [2.45, 2.75) is 25.8 Å². The SMILES string of the molecule is CC(=O)C(CN1CC1C)c1ccc(Cl)cc1. The number of halogens is 1. The zero-order valence-corrected chi connectivity index (χ0v) is 10.4. The van der Waals surface area contributed by atoms with Gasteiger partial charge in [-0.15, -0.1) is 0 Å². The summed E-state index contributed by atoms with van der Waals surface area (Å²) in [6.07, 6.45) is 0. The number of nitrogens with zero attached hydrogens (tertiary/aromatic N) is 1. The maximum absolute atomic E-state index is 11.6. The molecule has 0 aromatic heterocycles. The predicted molar refractivity (Wildman–Crippen MR) is 65.9 cm³/mol. The summed E-state index contributed by atoms with van der Waals surface area (Å²) in [6, 6.07) is 8.22. The van der Waals surface area contributed by atoms with E-state index >= 15 is 0 Å². The Balaban J connectivity index is 2.12. The average Bonchev–Trinajstić information content (AvgIpc) is 2.92. The van der Waals surface area contributed by atoms with Gasteiger partial charge in [-0.2, -0.15) is 0 Å². The van der Waals surface area contributed by atoms with Crippen LogP contribution in [0.25, 0.3) is 0 Å². The van der Waals surface area contributed by atoms with Crippen molar-refractivity contribution in [2.75, 3.05) is 13.1 Å². The summed E-state index contributed by atoms with van der Waals surface area (Å²) >= 11 is 5.84. The number of carbonyl (C=O) groups excluding carboxylic acids is 1. The Morgan fingerprint density at radius 2 is 2.06 bits per heavy atom. The number of benzene rings is 1. The first-order valence-electron chi connectivity index (χ1n) is 5.58. The molecule has 1 aromatic rings. The number of hydrogen-bond acceptors (Lipinski definition) is 2. The summed E-state index contributed by atoms with van der Waals surface area (Å²) in [5.74, 6) is 0.212. The van der Waals surface area contributed by atoms with Gasteiger partial charge in [0.25, 0.3) is 0 Å². The first kappa shape index (κ1) is 11.6. The number of carbonyl (C=O) groups is 1. The quantitative estimate of drug-likeness (QED) is 0.751. The van der Waals surface area contributed by atoms with Gasteiger partial charge in [-0.3, -0.25) is 9.69 Å². The van der Waals surface area contributed by atoms with Gasteiger partial charge in [0.05, 0.1) is 5.92 Å². The summed E-state index contributed by atoms with van der Waals surface area (Å²) in [7, 11) is 0. The van der Waals surface area contributed by atoms with Crippen LogP contribution in [0.15, 0.2) is 24.3 Å². The standard InChI is InChI=1S/C13H16ClNO/c1-9-7-15(9)8-13(10(2)16)11-3-5-12(14)6-4-11/h3-6,9,13H,7-8H2,1-2H3. The fourth-order valence-corrected chi connectivity index (χ4v) is 2.07. The van der Waals surface area contributed by atoms with Gasteiger partial charge in [0.1, 0.15) is 5.78 Å². The monoisotopic (exact) mass is 237 g/mol. The van der Waals surface area contributed by atoms with Crippen LogP contribution < -0.4 is 0 Å². The van der Waals surface area contributed by atoms with Crippen molar-refractivity contribution in [3.05, 3.63) is 34.9 Å². The Bertz CT molecular complexity index is 387. The Morgan fingerprint density at radius 3 is 2.50 bits per heavy atom. The molecule has 0 saturated carbocycles. The van der Waals surface area contributed by atoms with E-state index in [2.05, 4.69) is 11.8 Å². The smallest absolute Gasteiger partial charge is 0.138 e. The molecule has 1 saturated heterocycles. The Labute approximate surface area is 101 Å². The van der Waals surface area contributed by atoms with Crippen LogP contribution in [0.2, 0.25) is 5.02 Å². The van der Waals surface area contributed by atoms with Crippen molar-refractivity contribution < 1.29 is 4.79 Å². The van der Waals surface area contributed by atoms with Crippen LogP contribution in [0.5, 0.6) is 0 Å². The number of rotatable bonds is 4. The molecule has 16 heavy (non-hydrogen) atoms. The zero-order chi connectivity index (χ0) is 11.7. The first-order valence-corrected chi connectivity index (χ1v) is 5.95. The molecule has 3 unspecified atom stereocenters. The minimum atomic E-state index is -0.0118. The van der Waals surface area contributed by atoms with Gasteiger partial charge in [-0.1, -0.05) is 23.7 Å². The normalized spacial score (nSPS) is 25.2. The highest BCUT2D eigenvalue weighted by atomic mass is 35.5. The molecule has 3 atom stereocenters. The van der Waals surface area contributed by atoms with Gasteiger partial charge in [0, 0.05) is 24.2 Å². The Hall–Kier alpha value is -0.860. The van der Waals surface area contributed by atoms with Gasteiger partial charge in [0.2, 0.25) is 0 Å². The van der Waals surface area contributed by atoms with Crippen molar-refractivity contribution in [3.8, 4) is 0 Å². The largest absolute Gasteiger partial charge is 0.299 e. The van der Waals surface area contributed by atoms with Crippen molar-refractivity contribution in [1.29, 1.82) is 0 Å². The minimum Gasteiger partial charge on any atom is -0.299 e. The lowest BCUT2D eigenvalue weighted by atomic mass is 9.95. The molecule has 1 aliphatic rings. The van der Waals surface area contributed by atoms with Gasteiger partial charge >= 0.3 is 0 Å². The topological polar surface area (TPSA) is 20.1 Å². The van der Waals surface area contributed by atoms with Crippen LogP contribution in [-0.4, -0.2) is 29.8 Å². The van der Waals surface area contributed by atoms with Crippen LogP contribution in [-0.2, 0) is 4.79 Å². The summed E-state index contributed by atoms with van der Waals surface area (Å²) in [4.78, 5) is 13.9. The van der Waals surface area contributed by atoms with Crippen molar-refractivity contribution in [3.63, 3.8) is 0 Å². The van der Waals surface area contributed by atoms with Gasteiger partial charge in [-0.05, 0) is 31.5 Å². The molecule has 2 nitrogen and oxygen atoms in total. The van der Waals surface area contributed by atoms with E-state index in [1.54, 1.807) is 6.92 Å². The molecule has 1 aliphatic heterocycles. The van der Waals surface area contributed by atoms with E-state index in [4.69, 9.17) is 11.6 Å². The fourth-order valence-electron chi connectivity index (χ4n) is 1.94. The number of ketones is 1. The van der Waals surface area contributed by atoms with Crippen molar-refractivity contribution in [2.24, 2.45) is 0 Å². The summed E-state index contributed by atoms with van der Waals surface area (Å²) < 4.78 is 0. The molecule has 0 amide bonds. The van der Waals surface area contributed by atoms with Gasteiger partial charge in [0.15, 0.2) is 0 Å². The molecule has 0 radical (unpaired) electrons. The second-order valence-corrected chi connectivity index (χ2v) is 4.95. The molecule has 0 bridgehead atoms. The van der Waals surface area contributed by atoms with Crippen LogP contribution in [0.1, 0.15) is 25.3 Å². The fraction of sp³-hybridized carbons (Fsp3) is 0.462. The van der Waals surface area contributed by atoms with E-state index in [0.717, 1.165) is 18.7 Å². The molecule has 1 fully saturated rings. The van der Waals surface area contributed by atoms with E-state index in [0.29, 0.717) is 11.1 Å². The zero-order valence-electron chi connectivity index (χ0n) is 9.61. The lowest BCUT2D eigenvalue weighted by Crippen LogP contribution is -2.19. The molecule has 1 heterocycles. The third-order valence-electron chi connectivity index (χ3n) is 3.17. The van der Waals surface area contributed by atoms with Gasteiger partial charge in [-0.25, -0.2) is 0 Å². The summed E-state index contributed by atoms with van der Waals surface area (Å²) in [6.45, 7) is 5.78. The van der Waals surface area contributed by atoms with Crippen molar-refractivity contribution in [1.82, 2.24) is 4.90 Å². The highest BCUT2D eigenvalue weighted by molar-refractivity contribution is 6.30. The predicted octanol–water partition coefficient (Wildman–Crippen LogP) is 2.72. The summed E-state index contributed by atoms with van der Waals surface area (Å²) in [5.41, 5.74) is 1.07. The molecule has 0 aliphatic carbocycles. The molecule has 86 valence electrons. The molecule has 3 heteroatoms. The first-order chi connectivity index (χ1) is 7.58. The molecule has 0 N–H and O–H groups in total. The Kier molecular flexibility index (Phi) is 3.31. The molecule has 0 spiro atoms. The maximum atomic E-state index is 11.6. The van der Waals surface area contributed by atoms with E-state index in [1.807, 2.05) is 24.3 Å². The highest BCUT2D eigenvalue weighted by Gasteiger charge is 2.32. The maximum Gasteiger partial charge on any atom is 0.138 e. The number of hydrogen-bond donors (Lipinski definition) is 0. The molecule has 1 aromatic carbocycles. The lowest BCUT2D eigenvalue weighted by molar-refractivity contribution is -0.118. The second-order valence-electron chi connectivity index (χ2n) is 4.52. The van der Waals surface area contributed by atoms with E-state index in [-0.39, 0.29) is 11.7 Å². The van der Waals surface area contributed by atoms with Crippen LogP contribution in [0, 0.1) is 0 Å². The van der Waals surface area contributed by atoms with Gasteiger partial charge < -0.3 is 0 Å². The van der Waals surface area contributed by atoms with E-state index < -0.39 is 0 Å². The second kappa shape index (κ2) is 4.56. The number of Topliss-reactive ketones (excluding diaryl/α,β-unsaturated/α-hetero) is 1. The molecular weight excluding hydrogens is 222 g/mol. The highest BCUT2D eigenvalue weighted by Crippen LogP contribution is 2.25. The van der Waals surface area contributed by atoms with Crippen LogP contribution in [0.4, 0.5) is 0 Å². The van der Waals surface area contributed by atoms with Crippen LogP contribution >= 0.6 is 11.6 Å². The third-order valence-corrected chi connectivity index (χ3v) is 3.42. The van der Waals surface area contributed by atoms with Crippen molar-refractivity contribution >= 4 is 17.4 Å². The molecular formula is C13H16ClNO. The van der Waals surface area contributed by atoms with E-state index in [9.17, 15) is 4.79 Å².